The van der Waals surface area contributed by atoms with Gasteiger partial charge >= 0.3 is 0 Å². The van der Waals surface area contributed by atoms with E-state index < -0.39 is 9.84 Å². The van der Waals surface area contributed by atoms with E-state index in [0.717, 1.165) is 11.1 Å². The Labute approximate surface area is 139 Å². The molecule has 1 heterocycles. The van der Waals surface area contributed by atoms with Crippen LogP contribution in [0.2, 0.25) is 0 Å². The first-order valence-electron chi connectivity index (χ1n) is 7.09. The molecule has 0 saturated heterocycles. The Bertz CT molecular complexity index is 915. The summed E-state index contributed by atoms with van der Waals surface area (Å²) in [6.07, 6.45) is 1.85. The van der Waals surface area contributed by atoms with Crippen molar-refractivity contribution in [3.63, 3.8) is 0 Å². The zero-order valence-corrected chi connectivity index (χ0v) is 14.5. The molecule has 0 bridgehead atoms. The highest BCUT2D eigenvalue weighted by Crippen LogP contribution is 2.28. The zero-order valence-electron chi connectivity index (χ0n) is 12.8. The van der Waals surface area contributed by atoms with Crippen LogP contribution in [-0.2, 0) is 9.84 Å². The van der Waals surface area contributed by atoms with Crippen LogP contribution < -0.4 is 4.98 Å². The number of imidazole rings is 1. The predicted molar refractivity (Wildman–Crippen MR) is 91.2 cm³/mol. The Morgan fingerprint density at radius 1 is 1.00 bits per heavy atom. The summed E-state index contributed by atoms with van der Waals surface area (Å²) in [5.74, 6) is 0.684. The molecule has 2 N–H and O–H groups in total. The molecule has 3 rings (SSSR count). The van der Waals surface area contributed by atoms with Crippen molar-refractivity contribution in [1.82, 2.24) is 4.98 Å². The molecule has 0 amide bonds. The summed E-state index contributed by atoms with van der Waals surface area (Å²) in [6, 6.07) is 16.4. The van der Waals surface area contributed by atoms with E-state index in [-0.39, 0.29) is 9.92 Å². The minimum Gasteiger partial charge on any atom is -0.230 e. The SMILES string of the molecule is CSc1[nH+]c(-c2ccc(C)cc2)[nH]c1S(=O)(=O)c1ccccc1. The molecule has 23 heavy (non-hydrogen) atoms. The van der Waals surface area contributed by atoms with Crippen molar-refractivity contribution in [2.75, 3.05) is 6.26 Å². The average molecular weight is 345 g/mol. The number of aromatic amines is 2. The van der Waals surface area contributed by atoms with Crippen molar-refractivity contribution in [3.05, 3.63) is 60.2 Å². The summed E-state index contributed by atoms with van der Waals surface area (Å²) >= 11 is 1.37. The number of rotatable bonds is 4. The topological polar surface area (TPSA) is 64.1 Å². The third kappa shape index (κ3) is 3.04. The maximum Gasteiger partial charge on any atom is 0.286 e. The Morgan fingerprint density at radius 2 is 1.65 bits per heavy atom. The molecule has 1 aromatic heterocycles. The Kier molecular flexibility index (Phi) is 4.28. The van der Waals surface area contributed by atoms with Gasteiger partial charge in [0.1, 0.15) is 0 Å². The monoisotopic (exact) mass is 345 g/mol. The van der Waals surface area contributed by atoms with E-state index in [1.807, 2.05) is 37.4 Å². The molecule has 118 valence electrons. The molecule has 0 aliphatic heterocycles. The van der Waals surface area contributed by atoms with Crippen molar-refractivity contribution in [2.24, 2.45) is 0 Å². The van der Waals surface area contributed by atoms with E-state index in [9.17, 15) is 8.42 Å². The first kappa shape index (κ1) is 15.8. The fraction of sp³-hybridized carbons (Fsp3) is 0.118. The van der Waals surface area contributed by atoms with Gasteiger partial charge in [0.25, 0.3) is 10.9 Å². The van der Waals surface area contributed by atoms with E-state index in [1.54, 1.807) is 30.3 Å². The molecule has 0 aliphatic carbocycles. The van der Waals surface area contributed by atoms with Gasteiger partial charge in [0, 0.05) is 0 Å². The van der Waals surface area contributed by atoms with E-state index in [1.165, 1.54) is 11.8 Å². The summed E-state index contributed by atoms with van der Waals surface area (Å²) in [5, 5.41) is 0.802. The normalized spacial score (nSPS) is 11.6. The van der Waals surface area contributed by atoms with Gasteiger partial charge in [-0.15, -0.1) is 0 Å². The second-order valence-corrected chi connectivity index (χ2v) is 7.87. The number of benzene rings is 2. The maximum atomic E-state index is 12.8. The van der Waals surface area contributed by atoms with Crippen molar-refractivity contribution in [3.8, 4) is 11.4 Å². The number of aryl methyl sites for hydroxylation is 1. The molecule has 3 aromatic rings. The molecule has 0 saturated carbocycles. The molecular formula is C17H17N2O2S2+. The van der Waals surface area contributed by atoms with Gasteiger partial charge in [-0.2, -0.15) is 0 Å². The van der Waals surface area contributed by atoms with Gasteiger partial charge in [-0.3, -0.25) is 0 Å². The van der Waals surface area contributed by atoms with Gasteiger partial charge in [-0.25, -0.2) is 18.4 Å². The third-order valence-electron chi connectivity index (χ3n) is 3.55. The van der Waals surface area contributed by atoms with Crippen molar-refractivity contribution < 1.29 is 13.4 Å². The van der Waals surface area contributed by atoms with Crippen molar-refractivity contribution in [1.29, 1.82) is 0 Å². The fourth-order valence-electron chi connectivity index (χ4n) is 2.29. The number of thioether (sulfide) groups is 1. The van der Waals surface area contributed by atoms with Crippen molar-refractivity contribution >= 4 is 21.6 Å². The lowest BCUT2D eigenvalue weighted by Crippen LogP contribution is -2.07. The Hall–Kier alpha value is -2.05. The van der Waals surface area contributed by atoms with Crippen LogP contribution in [0.4, 0.5) is 0 Å². The summed E-state index contributed by atoms with van der Waals surface area (Å²) in [5.41, 5.74) is 2.07. The summed E-state index contributed by atoms with van der Waals surface area (Å²) in [6.45, 7) is 2.01. The Balaban J connectivity index is 2.12. The van der Waals surface area contributed by atoms with Crippen LogP contribution in [0.1, 0.15) is 5.56 Å². The molecular weight excluding hydrogens is 328 g/mol. The van der Waals surface area contributed by atoms with Crippen LogP contribution in [-0.4, -0.2) is 19.7 Å². The number of hydrogen-bond donors (Lipinski definition) is 1. The third-order valence-corrected chi connectivity index (χ3v) is 6.13. The Morgan fingerprint density at radius 3 is 2.26 bits per heavy atom. The zero-order chi connectivity index (χ0) is 16.4. The van der Waals surface area contributed by atoms with Gasteiger partial charge in [-0.05, 0) is 37.4 Å². The van der Waals surface area contributed by atoms with Gasteiger partial charge < -0.3 is 0 Å². The standard InChI is InChI=1S/C17H16N2O2S2/c1-12-8-10-13(11-9-12)15-18-16(22-2)17(19-15)23(20,21)14-6-4-3-5-7-14/h3-11H,1-2H3,(H,18,19)/p+1. The highest BCUT2D eigenvalue weighted by atomic mass is 32.2. The number of aromatic nitrogens is 2. The van der Waals surface area contributed by atoms with Crippen LogP contribution in [0.15, 0.2) is 69.5 Å². The lowest BCUT2D eigenvalue weighted by Gasteiger charge is -1.99. The largest absolute Gasteiger partial charge is 0.286 e. The highest BCUT2D eigenvalue weighted by Gasteiger charge is 2.30. The van der Waals surface area contributed by atoms with Gasteiger partial charge in [0.05, 0.1) is 10.5 Å². The summed E-state index contributed by atoms with van der Waals surface area (Å²) in [4.78, 5) is 6.49. The first-order valence-corrected chi connectivity index (χ1v) is 9.79. The molecule has 2 aromatic carbocycles. The molecule has 0 spiro atoms. The minimum atomic E-state index is -3.58. The van der Waals surface area contributed by atoms with Crippen molar-refractivity contribution in [2.45, 2.75) is 21.9 Å². The van der Waals surface area contributed by atoms with E-state index in [2.05, 4.69) is 9.97 Å². The molecule has 0 radical (unpaired) electrons. The quantitative estimate of drug-likeness (QED) is 0.738. The van der Waals surface area contributed by atoms with E-state index >= 15 is 0 Å². The molecule has 0 fully saturated rings. The van der Waals surface area contributed by atoms with Crippen LogP contribution in [0, 0.1) is 6.92 Å². The lowest BCUT2D eigenvalue weighted by atomic mass is 10.1. The van der Waals surface area contributed by atoms with Crippen LogP contribution in [0.3, 0.4) is 0 Å². The predicted octanol–water partition coefficient (Wildman–Crippen LogP) is 3.36. The second kappa shape index (κ2) is 6.22. The molecule has 0 unspecified atom stereocenters. The smallest absolute Gasteiger partial charge is 0.230 e. The first-order chi connectivity index (χ1) is 11.0. The second-order valence-electron chi connectivity index (χ2n) is 5.17. The van der Waals surface area contributed by atoms with Gasteiger partial charge in [0.2, 0.25) is 14.9 Å². The van der Waals surface area contributed by atoms with Gasteiger partial charge in [0.15, 0.2) is 0 Å². The van der Waals surface area contributed by atoms with Gasteiger partial charge in [-0.1, -0.05) is 47.7 Å². The fourth-order valence-corrected chi connectivity index (χ4v) is 4.59. The lowest BCUT2D eigenvalue weighted by molar-refractivity contribution is -0.412. The van der Waals surface area contributed by atoms with Crippen LogP contribution in [0.25, 0.3) is 11.4 Å². The number of H-pyrrole nitrogens is 2. The molecule has 0 atom stereocenters. The number of sulfone groups is 1. The van der Waals surface area contributed by atoms with Crippen LogP contribution in [0.5, 0.6) is 0 Å². The minimum absolute atomic E-state index is 0.201. The van der Waals surface area contributed by atoms with E-state index in [0.29, 0.717) is 10.9 Å². The van der Waals surface area contributed by atoms with Crippen LogP contribution >= 0.6 is 11.8 Å². The highest BCUT2D eigenvalue weighted by molar-refractivity contribution is 7.99. The maximum absolute atomic E-state index is 12.8. The number of hydrogen-bond acceptors (Lipinski definition) is 3. The molecule has 4 nitrogen and oxygen atoms in total. The molecule has 6 heteroatoms. The average Bonchev–Trinajstić information content (AvgIpc) is 3.01. The number of nitrogens with one attached hydrogen (secondary N) is 2. The summed E-state index contributed by atoms with van der Waals surface area (Å²) in [7, 11) is -3.58. The summed E-state index contributed by atoms with van der Waals surface area (Å²) < 4.78 is 25.7. The van der Waals surface area contributed by atoms with E-state index in [4.69, 9.17) is 0 Å². The molecule has 0 aliphatic rings.